The van der Waals surface area contributed by atoms with Crippen molar-refractivity contribution >= 4 is 61.7 Å². The zero-order valence-corrected chi connectivity index (χ0v) is 18.4. The molecule has 0 saturated heterocycles. The van der Waals surface area contributed by atoms with Gasteiger partial charge in [-0.05, 0) is 55.3 Å². The average Bonchev–Trinajstić information content (AvgIpc) is 3.06. The van der Waals surface area contributed by atoms with Crippen LogP contribution in [-0.2, 0) is 4.79 Å². The Morgan fingerprint density at radius 2 is 1.82 bits per heavy atom. The maximum Gasteiger partial charge on any atom is 0.257 e. The number of hydrogen-bond donors (Lipinski definition) is 2. The molecule has 1 aromatic heterocycles. The van der Waals surface area contributed by atoms with Crippen LogP contribution in [0.3, 0.4) is 0 Å². The smallest absolute Gasteiger partial charge is 0.257 e. The quantitative estimate of drug-likeness (QED) is 0.390. The molecule has 0 aliphatic carbocycles. The van der Waals surface area contributed by atoms with Gasteiger partial charge in [0.25, 0.3) is 5.91 Å². The number of nitrogens with one attached hydrogen (secondary N) is 2. The normalized spacial score (nSPS) is 10.5. The van der Waals surface area contributed by atoms with Crippen LogP contribution in [-0.4, -0.2) is 27.8 Å². The molecule has 0 radical (unpaired) electrons. The molecule has 0 unspecified atom stereocenters. The number of thioether (sulfide) groups is 1. The van der Waals surface area contributed by atoms with Gasteiger partial charge in [0, 0.05) is 15.7 Å². The van der Waals surface area contributed by atoms with Crippen LogP contribution in [0.2, 0.25) is 0 Å². The molecule has 0 atom stereocenters. The Labute approximate surface area is 179 Å². The molecule has 0 saturated carbocycles. The molecule has 2 aromatic carbocycles. The molecule has 0 fully saturated rings. The predicted octanol–water partition coefficient (Wildman–Crippen LogP) is 4.90. The highest BCUT2D eigenvalue weighted by Crippen LogP contribution is 2.26. The third kappa shape index (κ3) is 5.88. The highest BCUT2D eigenvalue weighted by Gasteiger charge is 2.12. The van der Waals surface area contributed by atoms with Gasteiger partial charge in [-0.15, -0.1) is 10.2 Å². The second-order valence-electron chi connectivity index (χ2n) is 6.05. The van der Waals surface area contributed by atoms with Crippen molar-refractivity contribution in [2.75, 3.05) is 16.4 Å². The number of rotatable bonds is 6. The molecule has 1 heterocycles. The van der Waals surface area contributed by atoms with Gasteiger partial charge in [-0.3, -0.25) is 14.9 Å². The first kappa shape index (κ1) is 20.5. The molecular weight excluding hydrogens is 460 g/mol. The van der Waals surface area contributed by atoms with Gasteiger partial charge in [-0.1, -0.05) is 51.2 Å². The van der Waals surface area contributed by atoms with Gasteiger partial charge in [0.15, 0.2) is 4.34 Å². The fourth-order valence-corrected chi connectivity index (χ4v) is 4.44. The van der Waals surface area contributed by atoms with Crippen molar-refractivity contribution in [1.29, 1.82) is 0 Å². The molecule has 0 aliphatic rings. The number of carbonyl (C=O) groups is 2. The number of aryl methyl sites for hydroxylation is 2. The first-order valence-electron chi connectivity index (χ1n) is 8.30. The number of anilines is 2. The van der Waals surface area contributed by atoms with Gasteiger partial charge >= 0.3 is 0 Å². The summed E-state index contributed by atoms with van der Waals surface area (Å²) in [5, 5.41) is 14.0. The third-order valence-electron chi connectivity index (χ3n) is 3.55. The van der Waals surface area contributed by atoms with Crippen LogP contribution >= 0.6 is 39.0 Å². The van der Waals surface area contributed by atoms with Crippen molar-refractivity contribution in [3.8, 4) is 0 Å². The van der Waals surface area contributed by atoms with Crippen LogP contribution in [0, 0.1) is 13.8 Å². The molecule has 6 nitrogen and oxygen atoms in total. The summed E-state index contributed by atoms with van der Waals surface area (Å²) in [6.45, 7) is 3.98. The molecule has 2 N–H and O–H groups in total. The molecule has 144 valence electrons. The fraction of sp³-hybridized carbons (Fsp3) is 0.158. The van der Waals surface area contributed by atoms with E-state index in [-0.39, 0.29) is 17.6 Å². The van der Waals surface area contributed by atoms with Crippen LogP contribution in [0.5, 0.6) is 0 Å². The molecule has 28 heavy (non-hydrogen) atoms. The zero-order chi connectivity index (χ0) is 20.1. The van der Waals surface area contributed by atoms with Gasteiger partial charge in [0.1, 0.15) is 0 Å². The summed E-state index contributed by atoms with van der Waals surface area (Å²) in [5.41, 5.74) is 3.49. The maximum atomic E-state index is 12.2. The average molecular weight is 477 g/mol. The topological polar surface area (TPSA) is 84.0 Å². The Kier molecular flexibility index (Phi) is 6.82. The first-order valence-corrected chi connectivity index (χ1v) is 10.9. The van der Waals surface area contributed by atoms with Crippen molar-refractivity contribution in [2.45, 2.75) is 18.2 Å². The predicted molar refractivity (Wildman–Crippen MR) is 117 cm³/mol. The summed E-state index contributed by atoms with van der Waals surface area (Å²) in [5.74, 6) is -0.173. The number of aromatic nitrogens is 2. The maximum absolute atomic E-state index is 12.2. The van der Waals surface area contributed by atoms with E-state index >= 15 is 0 Å². The number of carbonyl (C=O) groups excluding carboxylic acids is 2. The fourth-order valence-electron chi connectivity index (χ4n) is 2.49. The number of amides is 2. The van der Waals surface area contributed by atoms with Crippen molar-refractivity contribution < 1.29 is 9.59 Å². The molecular formula is C19H17BrN4O2S2. The van der Waals surface area contributed by atoms with E-state index in [1.807, 2.05) is 32.0 Å². The van der Waals surface area contributed by atoms with E-state index in [0.29, 0.717) is 15.0 Å². The summed E-state index contributed by atoms with van der Waals surface area (Å²) in [4.78, 5) is 24.4. The van der Waals surface area contributed by atoms with E-state index < -0.39 is 0 Å². The van der Waals surface area contributed by atoms with E-state index in [4.69, 9.17) is 0 Å². The SMILES string of the molecule is Cc1cc(C)cc(NC(=O)CSc2nnc(NC(=O)c3cccc(Br)c3)s2)c1. The summed E-state index contributed by atoms with van der Waals surface area (Å²) in [6, 6.07) is 13.0. The van der Waals surface area contributed by atoms with Crippen molar-refractivity contribution in [3.05, 3.63) is 63.6 Å². The molecule has 9 heteroatoms. The van der Waals surface area contributed by atoms with Gasteiger partial charge in [0.05, 0.1) is 5.75 Å². The van der Waals surface area contributed by atoms with E-state index in [1.165, 1.54) is 23.1 Å². The standard InChI is InChI=1S/C19H17BrN4O2S2/c1-11-6-12(2)8-15(7-11)21-16(25)10-27-19-24-23-18(28-19)22-17(26)13-4-3-5-14(20)9-13/h3-9H,10H2,1-2H3,(H,21,25)(H,22,23,26). The second-order valence-corrected chi connectivity index (χ2v) is 9.17. The van der Waals surface area contributed by atoms with Gasteiger partial charge in [-0.2, -0.15) is 0 Å². The van der Waals surface area contributed by atoms with Crippen LogP contribution in [0.4, 0.5) is 10.8 Å². The summed E-state index contributed by atoms with van der Waals surface area (Å²) >= 11 is 5.85. The molecule has 3 rings (SSSR count). The zero-order valence-electron chi connectivity index (χ0n) is 15.2. The molecule has 0 bridgehead atoms. The Bertz CT molecular complexity index is 1000. The molecule has 0 spiro atoms. The molecule has 2 amide bonds. The number of nitrogens with zero attached hydrogens (tertiary/aromatic N) is 2. The highest BCUT2D eigenvalue weighted by molar-refractivity contribution is 9.10. The lowest BCUT2D eigenvalue weighted by molar-refractivity contribution is -0.113. The monoisotopic (exact) mass is 476 g/mol. The van der Waals surface area contributed by atoms with Crippen LogP contribution in [0.1, 0.15) is 21.5 Å². The largest absolute Gasteiger partial charge is 0.325 e. The lowest BCUT2D eigenvalue weighted by Crippen LogP contribution is -2.14. The minimum absolute atomic E-state index is 0.120. The Balaban J connectivity index is 1.53. The van der Waals surface area contributed by atoms with E-state index in [0.717, 1.165) is 21.3 Å². The third-order valence-corrected chi connectivity index (χ3v) is 6.01. The number of benzene rings is 2. The van der Waals surface area contributed by atoms with E-state index in [2.05, 4.69) is 42.8 Å². The van der Waals surface area contributed by atoms with Crippen LogP contribution in [0.15, 0.2) is 51.3 Å². The van der Waals surface area contributed by atoms with E-state index in [1.54, 1.807) is 18.2 Å². The second kappa shape index (κ2) is 9.31. The van der Waals surface area contributed by atoms with Gasteiger partial charge in [-0.25, -0.2) is 0 Å². The minimum atomic E-state index is -0.262. The number of halogens is 1. The molecule has 3 aromatic rings. The van der Waals surface area contributed by atoms with Crippen LogP contribution < -0.4 is 10.6 Å². The van der Waals surface area contributed by atoms with Gasteiger partial charge in [0.2, 0.25) is 11.0 Å². The summed E-state index contributed by atoms with van der Waals surface area (Å²) < 4.78 is 1.43. The summed E-state index contributed by atoms with van der Waals surface area (Å²) in [6.07, 6.45) is 0. The lowest BCUT2D eigenvalue weighted by Gasteiger charge is -2.06. The molecule has 0 aliphatic heterocycles. The Hall–Kier alpha value is -2.23. The Morgan fingerprint density at radius 3 is 2.54 bits per heavy atom. The van der Waals surface area contributed by atoms with Gasteiger partial charge < -0.3 is 5.32 Å². The first-order chi connectivity index (χ1) is 13.4. The highest BCUT2D eigenvalue weighted by atomic mass is 79.9. The van der Waals surface area contributed by atoms with Crippen molar-refractivity contribution in [2.24, 2.45) is 0 Å². The van der Waals surface area contributed by atoms with Crippen molar-refractivity contribution in [3.63, 3.8) is 0 Å². The number of hydrogen-bond acceptors (Lipinski definition) is 6. The summed E-state index contributed by atoms with van der Waals surface area (Å²) in [7, 11) is 0. The minimum Gasteiger partial charge on any atom is -0.325 e. The lowest BCUT2D eigenvalue weighted by atomic mass is 10.1. The Morgan fingerprint density at radius 1 is 1.07 bits per heavy atom. The van der Waals surface area contributed by atoms with E-state index in [9.17, 15) is 9.59 Å². The van der Waals surface area contributed by atoms with Crippen molar-refractivity contribution in [1.82, 2.24) is 10.2 Å². The van der Waals surface area contributed by atoms with Crippen LogP contribution in [0.25, 0.3) is 0 Å².